The number of hydrogen-bond acceptors (Lipinski definition) is 6. The number of carbonyl (C=O) groups is 2. The van der Waals surface area contributed by atoms with E-state index in [2.05, 4.69) is 42.1 Å². The van der Waals surface area contributed by atoms with Gasteiger partial charge in [-0.2, -0.15) is 20.2 Å². The standard InChI is InChI=1S/C22H14Br2Cl6N4O4/c23-13-5-1-11(2-6-13)15-9-19(37,21(25,26)27)33(31-15)17(35)18(36)34-20(38,22(28,29)30)10-16(32-34)12-3-7-14(24)8-4-12/h1-8,37-38H,9-10H2. The molecule has 0 aromatic heterocycles. The molecular weight excluding hydrogens is 757 g/mol. The van der Waals surface area contributed by atoms with Crippen LogP contribution in [-0.4, -0.2) is 62.5 Å². The Balaban J connectivity index is 1.76. The maximum atomic E-state index is 13.5. The quantitative estimate of drug-likeness (QED) is 0.293. The highest BCUT2D eigenvalue weighted by Gasteiger charge is 2.63. The number of halogens is 8. The van der Waals surface area contributed by atoms with Crippen molar-refractivity contribution in [1.82, 2.24) is 10.0 Å². The molecule has 0 radical (unpaired) electrons. The SMILES string of the molecule is O=C(C(=O)N1N=C(c2ccc(Br)cc2)CC1(O)C(Cl)(Cl)Cl)N1N=C(c2ccc(Br)cc2)CC1(O)C(Cl)(Cl)Cl. The van der Waals surface area contributed by atoms with E-state index >= 15 is 0 Å². The fourth-order valence-corrected chi connectivity index (χ4v) is 5.16. The molecule has 2 atom stereocenters. The number of aliphatic hydroxyl groups is 2. The molecule has 8 nitrogen and oxygen atoms in total. The Labute approximate surface area is 263 Å². The summed E-state index contributed by atoms with van der Waals surface area (Å²) in [7, 11) is 0. The van der Waals surface area contributed by atoms with E-state index < -0.39 is 43.7 Å². The fourth-order valence-electron chi connectivity index (χ4n) is 3.75. The lowest BCUT2D eigenvalue weighted by molar-refractivity contribution is -0.177. The molecule has 2 aromatic carbocycles. The lowest BCUT2D eigenvalue weighted by atomic mass is 10.0. The summed E-state index contributed by atoms with van der Waals surface area (Å²) >= 11 is 42.9. The zero-order valence-corrected chi connectivity index (χ0v) is 26.3. The summed E-state index contributed by atoms with van der Waals surface area (Å²) in [4.78, 5) is 27.0. The van der Waals surface area contributed by atoms with Gasteiger partial charge in [-0.1, -0.05) is 126 Å². The Morgan fingerprint density at radius 1 is 0.684 bits per heavy atom. The first kappa shape index (κ1) is 30.3. The number of carbonyl (C=O) groups excluding carboxylic acids is 2. The first-order valence-corrected chi connectivity index (χ1v) is 14.3. The molecule has 2 aromatic rings. The Kier molecular flexibility index (Phi) is 8.48. The smallest absolute Gasteiger partial charge is 0.336 e. The van der Waals surface area contributed by atoms with Crippen LogP contribution in [0.2, 0.25) is 0 Å². The minimum Gasteiger partial charge on any atom is -0.365 e. The second-order valence-electron chi connectivity index (χ2n) is 8.32. The van der Waals surface area contributed by atoms with Crippen LogP contribution >= 0.6 is 101 Å². The van der Waals surface area contributed by atoms with Crippen molar-refractivity contribution < 1.29 is 19.8 Å². The lowest BCUT2D eigenvalue weighted by Gasteiger charge is -2.39. The third kappa shape index (κ3) is 5.46. The predicted molar refractivity (Wildman–Crippen MR) is 155 cm³/mol. The molecule has 0 saturated carbocycles. The number of hydrazone groups is 2. The first-order valence-electron chi connectivity index (χ1n) is 10.4. The average Bonchev–Trinajstić information content (AvgIpc) is 3.38. The third-order valence-electron chi connectivity index (χ3n) is 5.80. The Morgan fingerprint density at radius 3 is 1.24 bits per heavy atom. The Hall–Kier alpha value is -0.660. The molecule has 16 heteroatoms. The van der Waals surface area contributed by atoms with E-state index in [1.165, 1.54) is 0 Å². The number of rotatable bonds is 2. The highest BCUT2D eigenvalue weighted by atomic mass is 79.9. The minimum atomic E-state index is -2.58. The third-order valence-corrected chi connectivity index (χ3v) is 8.67. The highest BCUT2D eigenvalue weighted by Crippen LogP contribution is 2.49. The highest BCUT2D eigenvalue weighted by molar-refractivity contribution is 9.10. The van der Waals surface area contributed by atoms with Gasteiger partial charge >= 0.3 is 11.8 Å². The molecule has 0 spiro atoms. The molecule has 2 aliphatic rings. The van der Waals surface area contributed by atoms with Crippen LogP contribution in [0.4, 0.5) is 0 Å². The molecule has 2 amide bonds. The van der Waals surface area contributed by atoms with Crippen LogP contribution in [0.1, 0.15) is 24.0 Å². The number of benzene rings is 2. The van der Waals surface area contributed by atoms with Crippen molar-refractivity contribution >= 4 is 125 Å². The number of alkyl halides is 6. The molecule has 2 unspecified atom stereocenters. The van der Waals surface area contributed by atoms with Crippen LogP contribution in [0.3, 0.4) is 0 Å². The zero-order valence-electron chi connectivity index (χ0n) is 18.6. The summed E-state index contributed by atoms with van der Waals surface area (Å²) in [6.45, 7) is 0. The van der Waals surface area contributed by atoms with Crippen molar-refractivity contribution in [3.8, 4) is 0 Å². The van der Waals surface area contributed by atoms with Crippen molar-refractivity contribution in [2.24, 2.45) is 10.2 Å². The first-order chi connectivity index (χ1) is 17.5. The van der Waals surface area contributed by atoms with Crippen LogP contribution in [0.25, 0.3) is 0 Å². The van der Waals surface area contributed by atoms with Crippen molar-refractivity contribution in [2.45, 2.75) is 31.9 Å². The predicted octanol–water partition coefficient (Wildman–Crippen LogP) is 5.90. The Morgan fingerprint density at radius 2 is 0.974 bits per heavy atom. The van der Waals surface area contributed by atoms with Crippen LogP contribution in [-0.2, 0) is 9.59 Å². The molecule has 0 saturated heterocycles. The van der Waals surface area contributed by atoms with E-state index in [0.29, 0.717) is 21.1 Å². The van der Waals surface area contributed by atoms with Gasteiger partial charge in [0.15, 0.2) is 0 Å². The zero-order chi connectivity index (χ0) is 28.3. The van der Waals surface area contributed by atoms with Gasteiger partial charge in [-0.15, -0.1) is 0 Å². The maximum Gasteiger partial charge on any atom is 0.336 e. The van der Waals surface area contributed by atoms with Gasteiger partial charge in [0, 0.05) is 21.8 Å². The van der Waals surface area contributed by atoms with Crippen LogP contribution in [0.5, 0.6) is 0 Å². The summed E-state index contributed by atoms with van der Waals surface area (Å²) < 4.78 is -3.49. The minimum absolute atomic E-state index is 0.143. The second kappa shape index (κ2) is 10.6. The van der Waals surface area contributed by atoms with Crippen LogP contribution in [0, 0.1) is 0 Å². The van der Waals surface area contributed by atoms with Gasteiger partial charge in [-0.25, -0.2) is 0 Å². The number of hydrogen-bond donors (Lipinski definition) is 2. The average molecular weight is 771 g/mol. The molecule has 202 valence electrons. The van der Waals surface area contributed by atoms with Gasteiger partial charge < -0.3 is 10.2 Å². The molecule has 0 fully saturated rings. The summed E-state index contributed by atoms with van der Waals surface area (Å²) in [6.07, 6.45) is -0.876. The van der Waals surface area contributed by atoms with Crippen molar-refractivity contribution in [1.29, 1.82) is 0 Å². The molecule has 0 bridgehead atoms. The molecular formula is C22H14Br2Cl6N4O4. The van der Waals surface area contributed by atoms with Crippen LogP contribution in [0.15, 0.2) is 67.7 Å². The molecule has 38 heavy (non-hydrogen) atoms. The van der Waals surface area contributed by atoms with E-state index in [4.69, 9.17) is 69.6 Å². The van der Waals surface area contributed by atoms with Crippen molar-refractivity contribution in [3.05, 3.63) is 68.6 Å². The van der Waals surface area contributed by atoms with E-state index in [9.17, 15) is 19.8 Å². The van der Waals surface area contributed by atoms with Crippen molar-refractivity contribution in [2.75, 3.05) is 0 Å². The second-order valence-corrected chi connectivity index (χ2v) is 14.7. The molecule has 2 heterocycles. The van der Waals surface area contributed by atoms with Gasteiger partial charge in [0.1, 0.15) is 0 Å². The molecule has 0 aliphatic carbocycles. The van der Waals surface area contributed by atoms with Gasteiger partial charge in [-0.3, -0.25) is 9.59 Å². The number of nitrogens with zero attached hydrogens (tertiary/aromatic N) is 4. The van der Waals surface area contributed by atoms with Crippen molar-refractivity contribution in [3.63, 3.8) is 0 Å². The molecule has 2 aliphatic heterocycles. The topological polar surface area (TPSA) is 106 Å². The lowest BCUT2D eigenvalue weighted by Crippen LogP contribution is -2.62. The van der Waals surface area contributed by atoms with Gasteiger partial charge in [0.05, 0.1) is 11.4 Å². The summed E-state index contributed by atoms with van der Waals surface area (Å²) in [5.74, 6) is -3.00. The summed E-state index contributed by atoms with van der Waals surface area (Å²) in [6, 6.07) is 13.4. The van der Waals surface area contributed by atoms with E-state index in [0.717, 1.165) is 8.95 Å². The van der Waals surface area contributed by atoms with Gasteiger partial charge in [0.25, 0.3) is 0 Å². The fraction of sp³-hybridized carbons (Fsp3) is 0.273. The van der Waals surface area contributed by atoms with E-state index in [-0.39, 0.29) is 11.4 Å². The normalized spacial score (nSPS) is 23.9. The van der Waals surface area contributed by atoms with E-state index in [1.54, 1.807) is 48.5 Å². The van der Waals surface area contributed by atoms with Crippen LogP contribution < -0.4 is 0 Å². The summed E-state index contributed by atoms with van der Waals surface area (Å²) in [5.41, 5.74) is -3.91. The number of amides is 2. The maximum absolute atomic E-state index is 13.5. The Bertz CT molecular complexity index is 1240. The van der Waals surface area contributed by atoms with E-state index in [1.807, 2.05) is 0 Å². The monoisotopic (exact) mass is 766 g/mol. The largest absolute Gasteiger partial charge is 0.365 e. The molecule has 2 N–H and O–H groups in total. The summed E-state index contributed by atoms with van der Waals surface area (Å²) in [5, 5.41) is 31.5. The van der Waals surface area contributed by atoms with Gasteiger partial charge in [0.2, 0.25) is 19.0 Å². The molecule has 4 rings (SSSR count). The van der Waals surface area contributed by atoms with Gasteiger partial charge in [-0.05, 0) is 35.4 Å².